The molecule has 16 heavy (non-hydrogen) atoms. The predicted molar refractivity (Wildman–Crippen MR) is 61.9 cm³/mol. The third kappa shape index (κ3) is 2.61. The highest BCUT2D eigenvalue weighted by molar-refractivity contribution is 4.90. The lowest BCUT2D eigenvalue weighted by Gasteiger charge is -2.39. The van der Waals surface area contributed by atoms with E-state index in [1.54, 1.807) is 0 Å². The lowest BCUT2D eigenvalue weighted by atomic mass is 9.73. The van der Waals surface area contributed by atoms with E-state index in [0.717, 1.165) is 5.82 Å². The number of aromatic nitrogens is 2. The Morgan fingerprint density at radius 2 is 2.25 bits per heavy atom. The van der Waals surface area contributed by atoms with E-state index < -0.39 is 0 Å². The molecule has 4 heteroatoms. The number of rotatable bonds is 3. The summed E-state index contributed by atoms with van der Waals surface area (Å²) in [5.41, 5.74) is 0.386. The van der Waals surface area contributed by atoms with Crippen molar-refractivity contribution < 1.29 is 4.52 Å². The van der Waals surface area contributed by atoms with Gasteiger partial charge in [-0.25, -0.2) is 0 Å². The van der Waals surface area contributed by atoms with Crippen molar-refractivity contribution in [2.24, 2.45) is 5.41 Å². The van der Waals surface area contributed by atoms with Crippen molar-refractivity contribution in [1.82, 2.24) is 15.5 Å². The van der Waals surface area contributed by atoms with Crippen molar-refractivity contribution in [3.63, 3.8) is 0 Å². The number of nitrogens with zero attached hydrogens (tertiary/aromatic N) is 2. The van der Waals surface area contributed by atoms with Gasteiger partial charge in [0.2, 0.25) is 5.89 Å². The van der Waals surface area contributed by atoms with E-state index in [1.165, 1.54) is 25.7 Å². The Balaban J connectivity index is 1.89. The zero-order valence-corrected chi connectivity index (χ0v) is 10.4. The average Bonchev–Trinajstić information content (AvgIpc) is 2.62. The Morgan fingerprint density at radius 1 is 1.44 bits per heavy atom. The van der Waals surface area contributed by atoms with Crippen LogP contribution in [0, 0.1) is 12.3 Å². The molecule has 1 atom stereocenters. The van der Waals surface area contributed by atoms with Crippen LogP contribution in [-0.4, -0.2) is 16.2 Å². The fourth-order valence-corrected chi connectivity index (χ4v) is 2.50. The van der Waals surface area contributed by atoms with Gasteiger partial charge >= 0.3 is 0 Å². The molecule has 0 aliphatic heterocycles. The van der Waals surface area contributed by atoms with E-state index in [-0.39, 0.29) is 0 Å². The van der Waals surface area contributed by atoms with Crippen LogP contribution in [0.2, 0.25) is 0 Å². The summed E-state index contributed by atoms with van der Waals surface area (Å²) in [6.07, 6.45) is 5.23. The smallest absolute Gasteiger partial charge is 0.223 e. The molecule has 1 N–H and O–H groups in total. The van der Waals surface area contributed by atoms with Gasteiger partial charge < -0.3 is 9.84 Å². The molecule has 0 saturated heterocycles. The summed E-state index contributed by atoms with van der Waals surface area (Å²) in [6, 6.07) is 0.569. The van der Waals surface area contributed by atoms with Crippen LogP contribution in [-0.2, 0) is 6.54 Å². The SMILES string of the molecule is Cc1nc(CNC2CCCCC2(C)C)no1. The Kier molecular flexibility index (Phi) is 3.28. The molecule has 1 aromatic heterocycles. The zero-order valence-electron chi connectivity index (χ0n) is 10.4. The van der Waals surface area contributed by atoms with Crippen LogP contribution in [0.5, 0.6) is 0 Å². The first-order valence-corrected chi connectivity index (χ1v) is 6.10. The second kappa shape index (κ2) is 4.53. The number of hydrogen-bond donors (Lipinski definition) is 1. The molecule has 0 spiro atoms. The molecule has 0 amide bonds. The van der Waals surface area contributed by atoms with Crippen LogP contribution >= 0.6 is 0 Å². The van der Waals surface area contributed by atoms with Crippen molar-refractivity contribution in [1.29, 1.82) is 0 Å². The largest absolute Gasteiger partial charge is 0.340 e. The van der Waals surface area contributed by atoms with Gasteiger partial charge in [-0.3, -0.25) is 0 Å². The summed E-state index contributed by atoms with van der Waals surface area (Å²) < 4.78 is 4.96. The van der Waals surface area contributed by atoms with Gasteiger partial charge in [0.15, 0.2) is 5.82 Å². The molecule has 90 valence electrons. The van der Waals surface area contributed by atoms with Crippen molar-refractivity contribution in [3.8, 4) is 0 Å². The highest BCUT2D eigenvalue weighted by Gasteiger charge is 2.31. The molecule has 1 fully saturated rings. The van der Waals surface area contributed by atoms with Crippen molar-refractivity contribution in [3.05, 3.63) is 11.7 Å². The monoisotopic (exact) mass is 223 g/mol. The van der Waals surface area contributed by atoms with Crippen LogP contribution < -0.4 is 5.32 Å². The topological polar surface area (TPSA) is 51.0 Å². The summed E-state index contributed by atoms with van der Waals surface area (Å²) in [5, 5.41) is 7.46. The molecule has 1 saturated carbocycles. The predicted octanol–water partition coefficient (Wildman–Crippen LogP) is 2.44. The van der Waals surface area contributed by atoms with Gasteiger partial charge in [-0.15, -0.1) is 0 Å². The van der Waals surface area contributed by atoms with Crippen molar-refractivity contribution in [2.45, 2.75) is 59.0 Å². The van der Waals surface area contributed by atoms with E-state index in [2.05, 4.69) is 29.3 Å². The van der Waals surface area contributed by atoms with Gasteiger partial charge in [-0.05, 0) is 18.3 Å². The maximum atomic E-state index is 4.96. The molecule has 0 bridgehead atoms. The van der Waals surface area contributed by atoms with Gasteiger partial charge in [0.05, 0.1) is 6.54 Å². The molecule has 1 aliphatic carbocycles. The number of nitrogens with one attached hydrogen (secondary N) is 1. The van der Waals surface area contributed by atoms with Gasteiger partial charge in [-0.2, -0.15) is 4.98 Å². The lowest BCUT2D eigenvalue weighted by molar-refractivity contribution is 0.165. The minimum Gasteiger partial charge on any atom is -0.340 e. The molecule has 1 aromatic rings. The summed E-state index contributed by atoms with van der Waals surface area (Å²) >= 11 is 0. The maximum Gasteiger partial charge on any atom is 0.223 e. The van der Waals surface area contributed by atoms with Crippen LogP contribution in [0.4, 0.5) is 0 Å². The first kappa shape index (κ1) is 11.6. The number of aryl methyl sites for hydroxylation is 1. The quantitative estimate of drug-likeness (QED) is 0.855. The second-order valence-electron chi connectivity index (χ2n) is 5.40. The standard InChI is InChI=1S/C12H21N3O/c1-9-14-11(15-16-9)8-13-10-6-4-5-7-12(10,2)3/h10,13H,4-8H2,1-3H3. The first-order chi connectivity index (χ1) is 7.58. The third-order valence-electron chi connectivity index (χ3n) is 3.58. The van der Waals surface area contributed by atoms with E-state index in [0.29, 0.717) is 23.9 Å². The second-order valence-corrected chi connectivity index (χ2v) is 5.40. The summed E-state index contributed by atoms with van der Waals surface area (Å²) in [4.78, 5) is 4.20. The Morgan fingerprint density at radius 3 is 2.88 bits per heavy atom. The minimum absolute atomic E-state index is 0.386. The molecule has 4 nitrogen and oxygen atoms in total. The summed E-state index contributed by atoms with van der Waals surface area (Å²) in [6.45, 7) is 7.21. The van der Waals surface area contributed by atoms with Crippen LogP contribution in [0.15, 0.2) is 4.52 Å². The fourth-order valence-electron chi connectivity index (χ4n) is 2.50. The normalized spacial score (nSPS) is 24.6. The Labute approximate surface area is 96.8 Å². The zero-order chi connectivity index (χ0) is 11.6. The molecular formula is C12H21N3O. The highest BCUT2D eigenvalue weighted by Crippen LogP contribution is 2.35. The van der Waals surface area contributed by atoms with Crippen molar-refractivity contribution in [2.75, 3.05) is 0 Å². The Hall–Kier alpha value is -0.900. The van der Waals surface area contributed by atoms with Gasteiger partial charge in [-0.1, -0.05) is 31.8 Å². The Bertz CT molecular complexity index is 346. The van der Waals surface area contributed by atoms with E-state index in [4.69, 9.17) is 4.52 Å². The highest BCUT2D eigenvalue weighted by atomic mass is 16.5. The molecule has 0 aromatic carbocycles. The van der Waals surface area contributed by atoms with Crippen LogP contribution in [0.3, 0.4) is 0 Å². The van der Waals surface area contributed by atoms with Gasteiger partial charge in [0.25, 0.3) is 0 Å². The third-order valence-corrected chi connectivity index (χ3v) is 3.58. The molecule has 2 rings (SSSR count). The summed E-state index contributed by atoms with van der Waals surface area (Å²) in [5.74, 6) is 1.40. The van der Waals surface area contributed by atoms with Crippen LogP contribution in [0.1, 0.15) is 51.2 Å². The average molecular weight is 223 g/mol. The number of hydrogen-bond acceptors (Lipinski definition) is 4. The maximum absolute atomic E-state index is 4.96. The fraction of sp³-hybridized carbons (Fsp3) is 0.833. The molecule has 1 aliphatic rings. The van der Waals surface area contributed by atoms with E-state index >= 15 is 0 Å². The first-order valence-electron chi connectivity index (χ1n) is 6.10. The lowest BCUT2D eigenvalue weighted by Crippen LogP contribution is -2.43. The van der Waals surface area contributed by atoms with Gasteiger partial charge in [0.1, 0.15) is 0 Å². The molecular weight excluding hydrogens is 202 g/mol. The van der Waals surface area contributed by atoms with Crippen LogP contribution in [0.25, 0.3) is 0 Å². The molecule has 1 unspecified atom stereocenters. The van der Waals surface area contributed by atoms with E-state index in [9.17, 15) is 0 Å². The summed E-state index contributed by atoms with van der Waals surface area (Å²) in [7, 11) is 0. The van der Waals surface area contributed by atoms with Gasteiger partial charge in [0, 0.05) is 13.0 Å². The minimum atomic E-state index is 0.386. The van der Waals surface area contributed by atoms with E-state index in [1.807, 2.05) is 6.92 Å². The molecule has 1 heterocycles. The molecule has 0 radical (unpaired) electrons. The van der Waals surface area contributed by atoms with Crippen molar-refractivity contribution >= 4 is 0 Å².